The summed E-state index contributed by atoms with van der Waals surface area (Å²) in [4.78, 5) is 11.8. The van der Waals surface area contributed by atoms with Crippen LogP contribution in [0.1, 0.15) is 16.7 Å². The highest BCUT2D eigenvalue weighted by Crippen LogP contribution is 2.25. The largest absolute Gasteiger partial charge is 0.483 e. The molecule has 0 spiro atoms. The zero-order valence-corrected chi connectivity index (χ0v) is 15.8. The number of aryl methyl sites for hydroxylation is 2. The Bertz CT molecular complexity index is 732. The smallest absolute Gasteiger partial charge is 0.277 e. The van der Waals surface area contributed by atoms with E-state index in [-0.39, 0.29) is 12.5 Å². The maximum Gasteiger partial charge on any atom is 0.277 e. The van der Waals surface area contributed by atoms with Gasteiger partial charge in [-0.2, -0.15) is 5.10 Å². The summed E-state index contributed by atoms with van der Waals surface area (Å²) in [7, 11) is 0. The molecule has 1 N–H and O–H groups in total. The Labute approximate surface area is 155 Å². The van der Waals surface area contributed by atoms with E-state index >= 15 is 0 Å². The van der Waals surface area contributed by atoms with Crippen LogP contribution < -0.4 is 10.2 Å². The quantitative estimate of drug-likeness (QED) is 0.423. The second kappa shape index (κ2) is 9.22. The highest BCUT2D eigenvalue weighted by Gasteiger charge is 2.08. The molecule has 2 aromatic rings. The van der Waals surface area contributed by atoms with E-state index in [1.165, 1.54) is 6.21 Å². The topological polar surface area (TPSA) is 50.7 Å². The first-order chi connectivity index (χ1) is 11.6. The molecular formula is C19H19IN2O2. The van der Waals surface area contributed by atoms with Crippen LogP contribution in [-0.2, 0) is 4.79 Å². The summed E-state index contributed by atoms with van der Waals surface area (Å²) in [5, 5.41) is 3.87. The van der Waals surface area contributed by atoms with Gasteiger partial charge in [-0.1, -0.05) is 36.4 Å². The minimum Gasteiger partial charge on any atom is -0.483 e. The summed E-state index contributed by atoms with van der Waals surface area (Å²) < 4.78 is 6.75. The number of carbonyl (C=O) groups excluding carboxylic acids is 1. The molecule has 0 aromatic heterocycles. The molecule has 2 rings (SSSR count). The molecule has 0 aliphatic rings. The fraction of sp³-hybridized carbons (Fsp3) is 0.158. The van der Waals surface area contributed by atoms with Crippen LogP contribution >= 0.6 is 22.6 Å². The summed E-state index contributed by atoms with van der Waals surface area (Å²) in [5.74, 6) is 0.454. The summed E-state index contributed by atoms with van der Waals surface area (Å²) >= 11 is 2.26. The first-order valence-electron chi connectivity index (χ1n) is 7.49. The van der Waals surface area contributed by atoms with Crippen molar-refractivity contribution >= 4 is 40.8 Å². The maximum absolute atomic E-state index is 11.8. The van der Waals surface area contributed by atoms with Crippen molar-refractivity contribution in [2.24, 2.45) is 5.10 Å². The van der Waals surface area contributed by atoms with Crippen molar-refractivity contribution in [2.75, 3.05) is 6.61 Å². The van der Waals surface area contributed by atoms with Crippen LogP contribution in [-0.4, -0.2) is 18.7 Å². The molecule has 0 radical (unpaired) electrons. The lowest BCUT2D eigenvalue weighted by Crippen LogP contribution is -2.24. The van der Waals surface area contributed by atoms with Gasteiger partial charge in [-0.05, 0) is 71.3 Å². The Morgan fingerprint density at radius 3 is 2.54 bits per heavy atom. The number of allylic oxidation sites excluding steroid dienone is 1. The van der Waals surface area contributed by atoms with E-state index in [9.17, 15) is 4.79 Å². The molecule has 5 heteroatoms. The predicted molar refractivity (Wildman–Crippen MR) is 106 cm³/mol. The van der Waals surface area contributed by atoms with Gasteiger partial charge in [0.1, 0.15) is 5.75 Å². The van der Waals surface area contributed by atoms with Crippen LogP contribution in [0.5, 0.6) is 5.75 Å². The van der Waals surface area contributed by atoms with Gasteiger partial charge in [0.05, 0.1) is 0 Å². The molecule has 1 amide bonds. The van der Waals surface area contributed by atoms with Gasteiger partial charge in [0, 0.05) is 9.78 Å². The molecule has 24 heavy (non-hydrogen) atoms. The van der Waals surface area contributed by atoms with Crippen molar-refractivity contribution in [3.63, 3.8) is 0 Å². The lowest BCUT2D eigenvalue weighted by atomic mass is 10.1. The third-order valence-electron chi connectivity index (χ3n) is 3.21. The van der Waals surface area contributed by atoms with E-state index in [1.807, 2.05) is 62.4 Å². The molecule has 2 aromatic carbocycles. The Hall–Kier alpha value is -2.15. The highest BCUT2D eigenvalue weighted by molar-refractivity contribution is 14.1. The molecule has 4 nitrogen and oxygen atoms in total. The number of carbonyl (C=O) groups is 1. The third-order valence-corrected chi connectivity index (χ3v) is 3.83. The van der Waals surface area contributed by atoms with Gasteiger partial charge in [-0.25, -0.2) is 5.43 Å². The average molecular weight is 434 g/mol. The minimum atomic E-state index is -0.295. The molecule has 0 unspecified atom stereocenters. The van der Waals surface area contributed by atoms with Crippen molar-refractivity contribution < 1.29 is 9.53 Å². The molecule has 0 saturated carbocycles. The number of hydrogen-bond donors (Lipinski definition) is 1. The average Bonchev–Trinajstić information content (AvgIpc) is 2.54. The van der Waals surface area contributed by atoms with Gasteiger partial charge < -0.3 is 4.74 Å². The van der Waals surface area contributed by atoms with Crippen LogP contribution in [0.4, 0.5) is 0 Å². The fourth-order valence-corrected chi connectivity index (χ4v) is 3.10. The van der Waals surface area contributed by atoms with Crippen molar-refractivity contribution in [1.29, 1.82) is 0 Å². The molecule has 0 aliphatic carbocycles. The van der Waals surface area contributed by atoms with Crippen LogP contribution in [0.15, 0.2) is 53.6 Å². The Morgan fingerprint density at radius 2 is 1.88 bits per heavy atom. The first-order valence-corrected chi connectivity index (χ1v) is 8.57. The van der Waals surface area contributed by atoms with Gasteiger partial charge >= 0.3 is 0 Å². The highest BCUT2D eigenvalue weighted by atomic mass is 127. The van der Waals surface area contributed by atoms with E-state index in [0.29, 0.717) is 0 Å². The molecule has 124 valence electrons. The summed E-state index contributed by atoms with van der Waals surface area (Å²) in [5.41, 5.74) is 5.55. The second-order valence-electron chi connectivity index (χ2n) is 5.24. The van der Waals surface area contributed by atoms with Gasteiger partial charge in [-0.3, -0.25) is 4.79 Å². The molecule has 0 fully saturated rings. The van der Waals surface area contributed by atoms with E-state index < -0.39 is 0 Å². The normalized spacial score (nSPS) is 11.1. The molecule has 0 saturated heterocycles. The molecule has 0 bridgehead atoms. The van der Waals surface area contributed by atoms with Crippen LogP contribution in [0, 0.1) is 17.4 Å². The number of halogens is 1. The summed E-state index contributed by atoms with van der Waals surface area (Å²) in [6.45, 7) is 3.87. The number of ether oxygens (including phenoxy) is 1. The third kappa shape index (κ3) is 5.81. The lowest BCUT2D eigenvalue weighted by molar-refractivity contribution is -0.123. The number of hydrazone groups is 1. The predicted octanol–water partition coefficient (Wildman–Crippen LogP) is 4.10. The first kappa shape index (κ1) is 18.2. The standard InChI is InChI=1S/C19H19IN2O2/c1-14-11-17(20)12-15(2)19(14)24-13-18(23)22-21-10-6-9-16-7-4-3-5-8-16/h3-12H,13H2,1-2H3,(H,22,23)/b9-6+,21-10+. The monoisotopic (exact) mass is 434 g/mol. The number of rotatable bonds is 6. The SMILES string of the molecule is Cc1cc(I)cc(C)c1OCC(=O)N/N=C/C=C/c1ccccc1. The van der Waals surface area contributed by atoms with Gasteiger partial charge in [0.15, 0.2) is 6.61 Å². The Kier molecular flexibility index (Phi) is 6.99. The van der Waals surface area contributed by atoms with Crippen LogP contribution in [0.25, 0.3) is 6.08 Å². The number of hydrogen-bond acceptors (Lipinski definition) is 3. The molecule has 0 aliphatic heterocycles. The summed E-state index contributed by atoms with van der Waals surface area (Å²) in [6, 6.07) is 13.9. The van der Waals surface area contributed by atoms with E-state index in [0.717, 1.165) is 26.0 Å². The molecule has 0 atom stereocenters. The number of amides is 1. The second-order valence-corrected chi connectivity index (χ2v) is 6.49. The van der Waals surface area contributed by atoms with Crippen LogP contribution in [0.3, 0.4) is 0 Å². The number of nitrogens with one attached hydrogen (secondary N) is 1. The minimum absolute atomic E-state index is 0.0674. The number of nitrogens with zero attached hydrogens (tertiary/aromatic N) is 1. The van der Waals surface area contributed by atoms with Crippen molar-refractivity contribution in [1.82, 2.24) is 5.43 Å². The molecular weight excluding hydrogens is 415 g/mol. The Morgan fingerprint density at radius 1 is 1.21 bits per heavy atom. The Balaban J connectivity index is 1.80. The molecule has 0 heterocycles. The van der Waals surface area contributed by atoms with Crippen molar-refractivity contribution in [3.8, 4) is 5.75 Å². The van der Waals surface area contributed by atoms with E-state index in [2.05, 4.69) is 33.1 Å². The van der Waals surface area contributed by atoms with Crippen LogP contribution in [0.2, 0.25) is 0 Å². The van der Waals surface area contributed by atoms with E-state index in [1.54, 1.807) is 6.08 Å². The fourth-order valence-electron chi connectivity index (χ4n) is 2.17. The zero-order valence-electron chi connectivity index (χ0n) is 13.6. The van der Waals surface area contributed by atoms with Gasteiger partial charge in [-0.15, -0.1) is 0 Å². The maximum atomic E-state index is 11.8. The number of benzene rings is 2. The van der Waals surface area contributed by atoms with Crippen molar-refractivity contribution in [3.05, 3.63) is 68.8 Å². The zero-order chi connectivity index (χ0) is 17.4. The van der Waals surface area contributed by atoms with E-state index in [4.69, 9.17) is 4.74 Å². The summed E-state index contributed by atoms with van der Waals surface area (Å²) in [6.07, 6.45) is 5.21. The van der Waals surface area contributed by atoms with Gasteiger partial charge in [0.25, 0.3) is 5.91 Å². The van der Waals surface area contributed by atoms with Crippen molar-refractivity contribution in [2.45, 2.75) is 13.8 Å². The lowest BCUT2D eigenvalue weighted by Gasteiger charge is -2.11. The van der Waals surface area contributed by atoms with Gasteiger partial charge in [0.2, 0.25) is 0 Å².